The number of rotatable bonds is 6. The van der Waals surface area contributed by atoms with Crippen molar-refractivity contribution in [3.8, 4) is 0 Å². The molecule has 0 aliphatic heterocycles. The predicted octanol–water partition coefficient (Wildman–Crippen LogP) is 4.46. The molecule has 2 aromatic rings. The number of primary amides is 1. The van der Waals surface area contributed by atoms with Crippen molar-refractivity contribution >= 4 is 35.0 Å². The van der Waals surface area contributed by atoms with Crippen LogP contribution in [0.25, 0.3) is 0 Å². The summed E-state index contributed by atoms with van der Waals surface area (Å²) < 4.78 is 77.2. The molecule has 0 fully saturated rings. The first kappa shape index (κ1) is 24.0. The summed E-state index contributed by atoms with van der Waals surface area (Å²) in [6.07, 6.45) is -10.2. The lowest BCUT2D eigenvalue weighted by Crippen LogP contribution is -2.17. The van der Waals surface area contributed by atoms with E-state index in [4.69, 9.17) is 5.73 Å². The predicted molar refractivity (Wildman–Crippen MR) is 97.4 cm³/mol. The van der Waals surface area contributed by atoms with Gasteiger partial charge in [-0.05, 0) is 30.3 Å². The van der Waals surface area contributed by atoms with Gasteiger partial charge < -0.3 is 11.1 Å². The molecule has 0 radical (unpaired) electrons. The number of nitrogens with two attached hydrogens (primary N) is 1. The second kappa shape index (κ2) is 8.83. The lowest BCUT2D eigenvalue weighted by Gasteiger charge is -2.14. The molecule has 2 aromatic carbocycles. The number of benzene rings is 2. The van der Waals surface area contributed by atoms with Crippen LogP contribution in [-0.2, 0) is 17.1 Å². The van der Waals surface area contributed by atoms with E-state index < -0.39 is 57.3 Å². The number of anilines is 1. The van der Waals surface area contributed by atoms with Gasteiger partial charge in [0, 0.05) is 17.3 Å². The first-order chi connectivity index (χ1) is 14.2. The van der Waals surface area contributed by atoms with Crippen molar-refractivity contribution in [3.05, 3.63) is 63.2 Å². The zero-order chi connectivity index (χ0) is 23.6. The van der Waals surface area contributed by atoms with Gasteiger partial charge in [-0.3, -0.25) is 19.7 Å². The topological polar surface area (TPSA) is 115 Å². The van der Waals surface area contributed by atoms with E-state index in [0.29, 0.717) is 23.9 Å². The van der Waals surface area contributed by atoms with Crippen molar-refractivity contribution < 1.29 is 40.9 Å². The zero-order valence-corrected chi connectivity index (χ0v) is 15.8. The molecule has 0 unspecified atom stereocenters. The highest BCUT2D eigenvalue weighted by Gasteiger charge is 2.37. The van der Waals surface area contributed by atoms with E-state index in [1.165, 1.54) is 0 Å². The number of alkyl halides is 6. The Morgan fingerprint density at radius 3 is 2.00 bits per heavy atom. The standard InChI is InChI=1S/C17H11F6N3O4S/c18-16(19,20)9-4-10(17(21,22)23)6-11(5-9)25-14(27)7-31-13-2-1-8(15(24)28)3-12(13)26(29)30/h1-6H,7H2,(H2,24,28)(H,25,27). The van der Waals surface area contributed by atoms with Crippen LogP contribution < -0.4 is 11.1 Å². The van der Waals surface area contributed by atoms with Crippen LogP contribution in [-0.4, -0.2) is 22.5 Å². The highest BCUT2D eigenvalue weighted by molar-refractivity contribution is 8.00. The van der Waals surface area contributed by atoms with E-state index in [0.717, 1.165) is 18.2 Å². The van der Waals surface area contributed by atoms with Crippen molar-refractivity contribution in [1.82, 2.24) is 0 Å². The summed E-state index contributed by atoms with van der Waals surface area (Å²) >= 11 is 0.592. The van der Waals surface area contributed by atoms with Gasteiger partial charge in [0.05, 0.1) is 26.7 Å². The maximum atomic E-state index is 12.9. The smallest absolute Gasteiger partial charge is 0.366 e. The van der Waals surface area contributed by atoms with Crippen LogP contribution in [0.15, 0.2) is 41.3 Å². The number of nitro benzene ring substituents is 1. The molecule has 14 heteroatoms. The molecular formula is C17H11F6N3O4S. The van der Waals surface area contributed by atoms with Crippen LogP contribution in [0.4, 0.5) is 37.7 Å². The third-order valence-electron chi connectivity index (χ3n) is 3.67. The molecule has 0 bridgehead atoms. The Morgan fingerprint density at radius 2 is 1.55 bits per heavy atom. The summed E-state index contributed by atoms with van der Waals surface area (Å²) in [6, 6.07) is 3.77. The number of nitro groups is 1. The minimum atomic E-state index is -5.09. The molecule has 3 N–H and O–H groups in total. The number of nitrogens with zero attached hydrogens (tertiary/aromatic N) is 1. The van der Waals surface area contributed by atoms with Gasteiger partial charge in [0.1, 0.15) is 0 Å². The number of halogens is 6. The minimum Gasteiger partial charge on any atom is -0.366 e. The second-order valence-electron chi connectivity index (χ2n) is 5.94. The average molecular weight is 467 g/mol. The van der Waals surface area contributed by atoms with Gasteiger partial charge in [-0.25, -0.2) is 0 Å². The first-order valence-electron chi connectivity index (χ1n) is 7.99. The van der Waals surface area contributed by atoms with Crippen molar-refractivity contribution in [1.29, 1.82) is 0 Å². The number of amides is 2. The number of carbonyl (C=O) groups is 2. The fraction of sp³-hybridized carbons (Fsp3) is 0.176. The molecule has 0 atom stereocenters. The Kier molecular flexibility index (Phi) is 6.83. The minimum absolute atomic E-state index is 0.0647. The molecule has 31 heavy (non-hydrogen) atoms. The van der Waals surface area contributed by atoms with Gasteiger partial charge >= 0.3 is 12.4 Å². The fourth-order valence-electron chi connectivity index (χ4n) is 2.30. The highest BCUT2D eigenvalue weighted by atomic mass is 32.2. The molecule has 0 saturated heterocycles. The van der Waals surface area contributed by atoms with Crippen molar-refractivity contribution in [2.75, 3.05) is 11.1 Å². The van der Waals surface area contributed by atoms with Crippen LogP contribution in [0.3, 0.4) is 0 Å². The average Bonchev–Trinajstić information content (AvgIpc) is 2.64. The SMILES string of the molecule is NC(=O)c1ccc(SCC(=O)Nc2cc(C(F)(F)F)cc(C(F)(F)F)c2)c([N+](=O)[O-])c1. The quantitative estimate of drug-likeness (QED) is 0.282. The summed E-state index contributed by atoms with van der Waals surface area (Å²) in [7, 11) is 0. The molecule has 0 aliphatic rings. The molecule has 2 rings (SSSR count). The van der Waals surface area contributed by atoms with E-state index >= 15 is 0 Å². The Morgan fingerprint density at radius 1 is 1.00 bits per heavy atom. The van der Waals surface area contributed by atoms with Crippen LogP contribution in [0.1, 0.15) is 21.5 Å². The van der Waals surface area contributed by atoms with E-state index in [1.807, 2.05) is 5.32 Å². The van der Waals surface area contributed by atoms with E-state index in [9.17, 15) is 46.0 Å². The van der Waals surface area contributed by atoms with Gasteiger partial charge in [-0.15, -0.1) is 11.8 Å². The maximum absolute atomic E-state index is 12.9. The van der Waals surface area contributed by atoms with Crippen molar-refractivity contribution in [2.45, 2.75) is 17.2 Å². The summed E-state index contributed by atoms with van der Waals surface area (Å²) in [5, 5.41) is 13.0. The van der Waals surface area contributed by atoms with E-state index in [1.54, 1.807) is 0 Å². The van der Waals surface area contributed by atoms with Gasteiger partial charge in [-0.1, -0.05) is 0 Å². The lowest BCUT2D eigenvalue weighted by molar-refractivity contribution is -0.387. The van der Waals surface area contributed by atoms with Gasteiger partial charge in [0.25, 0.3) is 5.69 Å². The van der Waals surface area contributed by atoms with Gasteiger partial charge in [-0.2, -0.15) is 26.3 Å². The number of thioether (sulfide) groups is 1. The normalized spacial score (nSPS) is 11.8. The monoisotopic (exact) mass is 467 g/mol. The van der Waals surface area contributed by atoms with Crippen molar-refractivity contribution in [3.63, 3.8) is 0 Å². The Bertz CT molecular complexity index is 1010. The fourth-order valence-corrected chi connectivity index (χ4v) is 3.11. The van der Waals surface area contributed by atoms with Crippen LogP contribution in [0.5, 0.6) is 0 Å². The number of nitrogens with one attached hydrogen (secondary N) is 1. The molecule has 0 aromatic heterocycles. The van der Waals surface area contributed by atoms with E-state index in [2.05, 4.69) is 0 Å². The third-order valence-corrected chi connectivity index (χ3v) is 4.73. The molecule has 166 valence electrons. The summed E-state index contributed by atoms with van der Waals surface area (Å²) in [5.41, 5.74) is 0.362. The Labute approximate surface area is 173 Å². The molecule has 0 heterocycles. The van der Waals surface area contributed by atoms with Crippen LogP contribution >= 0.6 is 11.8 Å². The zero-order valence-electron chi connectivity index (χ0n) is 15.0. The summed E-state index contributed by atoms with van der Waals surface area (Å²) in [5.74, 6) is -2.51. The summed E-state index contributed by atoms with van der Waals surface area (Å²) in [4.78, 5) is 33.4. The van der Waals surface area contributed by atoms with Gasteiger partial charge in [0.15, 0.2) is 0 Å². The molecule has 0 aliphatic carbocycles. The lowest BCUT2D eigenvalue weighted by atomic mass is 10.1. The van der Waals surface area contributed by atoms with Gasteiger partial charge in [0.2, 0.25) is 11.8 Å². The summed E-state index contributed by atoms with van der Waals surface area (Å²) in [6.45, 7) is 0. The molecule has 0 saturated carbocycles. The maximum Gasteiger partial charge on any atom is 0.416 e. The van der Waals surface area contributed by atoms with Crippen molar-refractivity contribution in [2.24, 2.45) is 5.73 Å². The number of carbonyl (C=O) groups excluding carboxylic acids is 2. The van der Waals surface area contributed by atoms with Crippen LogP contribution in [0, 0.1) is 10.1 Å². The number of hydrogen-bond acceptors (Lipinski definition) is 5. The second-order valence-corrected chi connectivity index (χ2v) is 6.95. The molecule has 7 nitrogen and oxygen atoms in total. The highest BCUT2D eigenvalue weighted by Crippen LogP contribution is 2.37. The largest absolute Gasteiger partial charge is 0.416 e. The molecule has 2 amide bonds. The number of hydrogen-bond donors (Lipinski definition) is 2. The van der Waals surface area contributed by atoms with E-state index in [-0.39, 0.29) is 16.5 Å². The first-order valence-corrected chi connectivity index (χ1v) is 8.97. The van der Waals surface area contributed by atoms with Crippen LogP contribution in [0.2, 0.25) is 0 Å². The molecular weight excluding hydrogens is 456 g/mol. The Hall–Kier alpha value is -3.29. The molecule has 0 spiro atoms. The third kappa shape index (κ3) is 6.34. The Balaban J connectivity index is 2.22.